The van der Waals surface area contributed by atoms with E-state index in [1.54, 1.807) is 0 Å². The molecule has 0 amide bonds. The van der Waals surface area contributed by atoms with E-state index in [-0.39, 0.29) is 0 Å². The number of hydrogen-bond donors (Lipinski definition) is 1. The van der Waals surface area contributed by atoms with Gasteiger partial charge in [-0.25, -0.2) is 0 Å². The van der Waals surface area contributed by atoms with Crippen LogP contribution in [0.25, 0.3) is 0 Å². The Morgan fingerprint density at radius 2 is 1.81 bits per heavy atom. The molecule has 0 radical (unpaired) electrons. The van der Waals surface area contributed by atoms with Crippen LogP contribution in [0.5, 0.6) is 0 Å². The van der Waals surface area contributed by atoms with E-state index >= 15 is 0 Å². The Bertz CT molecular complexity index is 303. The van der Waals surface area contributed by atoms with E-state index < -0.39 is 0 Å². The Morgan fingerprint density at radius 1 is 1.19 bits per heavy atom. The molecule has 0 saturated heterocycles. The van der Waals surface area contributed by atoms with Crippen molar-refractivity contribution in [1.82, 2.24) is 5.32 Å². The summed E-state index contributed by atoms with van der Waals surface area (Å²) in [4.78, 5) is 0. The van der Waals surface area contributed by atoms with Crippen LogP contribution in [-0.2, 0) is 6.42 Å². The largest absolute Gasteiger partial charge is 0.316 e. The molecule has 0 fully saturated rings. The Kier molecular flexibility index (Phi) is 5.30. The van der Waals surface area contributed by atoms with Crippen molar-refractivity contribution in [2.75, 3.05) is 13.1 Å². The van der Waals surface area contributed by atoms with E-state index in [1.807, 2.05) is 12.1 Å². The van der Waals surface area contributed by atoms with Crippen LogP contribution in [-0.4, -0.2) is 13.1 Å². The Labute approximate surface area is 104 Å². The van der Waals surface area contributed by atoms with Crippen LogP contribution >= 0.6 is 11.6 Å². The van der Waals surface area contributed by atoms with Crippen molar-refractivity contribution in [2.45, 2.75) is 33.6 Å². The van der Waals surface area contributed by atoms with Gasteiger partial charge in [0.05, 0.1) is 0 Å². The number of halogens is 1. The molecule has 0 spiro atoms. The van der Waals surface area contributed by atoms with Crippen molar-refractivity contribution >= 4 is 11.6 Å². The third kappa shape index (κ3) is 5.00. The molecule has 0 aliphatic heterocycles. The van der Waals surface area contributed by atoms with Crippen LogP contribution in [0, 0.1) is 5.41 Å². The first-order valence-electron chi connectivity index (χ1n) is 5.99. The first-order chi connectivity index (χ1) is 7.53. The van der Waals surface area contributed by atoms with Crippen molar-refractivity contribution in [3.8, 4) is 0 Å². The topological polar surface area (TPSA) is 12.0 Å². The molecule has 0 saturated carbocycles. The zero-order valence-electron chi connectivity index (χ0n) is 10.5. The molecule has 90 valence electrons. The fourth-order valence-electron chi connectivity index (χ4n) is 1.82. The summed E-state index contributed by atoms with van der Waals surface area (Å²) in [6.07, 6.45) is 2.28. The monoisotopic (exact) mass is 239 g/mol. The Balaban J connectivity index is 2.48. The highest BCUT2D eigenvalue weighted by atomic mass is 35.5. The maximum Gasteiger partial charge on any atom is 0.0406 e. The van der Waals surface area contributed by atoms with E-state index in [0.29, 0.717) is 5.41 Å². The molecule has 0 bridgehead atoms. The predicted molar refractivity (Wildman–Crippen MR) is 72.1 cm³/mol. The van der Waals surface area contributed by atoms with E-state index in [0.717, 1.165) is 24.5 Å². The highest BCUT2D eigenvalue weighted by molar-refractivity contribution is 6.30. The van der Waals surface area contributed by atoms with Gasteiger partial charge in [0.15, 0.2) is 0 Å². The van der Waals surface area contributed by atoms with Crippen LogP contribution in [0.15, 0.2) is 24.3 Å². The highest BCUT2D eigenvalue weighted by Crippen LogP contribution is 2.22. The first-order valence-corrected chi connectivity index (χ1v) is 6.36. The number of benzene rings is 1. The van der Waals surface area contributed by atoms with E-state index in [4.69, 9.17) is 11.6 Å². The van der Waals surface area contributed by atoms with Gasteiger partial charge in [0.2, 0.25) is 0 Å². The molecule has 1 rings (SSSR count). The lowest BCUT2D eigenvalue weighted by atomic mass is 9.85. The van der Waals surface area contributed by atoms with E-state index in [2.05, 4.69) is 38.2 Å². The predicted octanol–water partition coefficient (Wildman–Crippen LogP) is 3.91. The number of rotatable bonds is 6. The minimum Gasteiger partial charge on any atom is -0.316 e. The number of nitrogens with one attached hydrogen (secondary N) is 1. The van der Waals surface area contributed by atoms with Gasteiger partial charge >= 0.3 is 0 Å². The maximum atomic E-state index is 5.87. The number of hydrogen-bond acceptors (Lipinski definition) is 1. The zero-order chi connectivity index (χ0) is 12.0. The Morgan fingerprint density at radius 3 is 2.38 bits per heavy atom. The molecule has 0 aliphatic carbocycles. The third-order valence-corrected chi connectivity index (χ3v) is 2.88. The fraction of sp³-hybridized carbons (Fsp3) is 0.571. The lowest BCUT2D eigenvalue weighted by Crippen LogP contribution is -2.31. The molecule has 1 aromatic rings. The molecule has 2 heteroatoms. The normalized spacial score (nSPS) is 11.8. The van der Waals surface area contributed by atoms with Crippen LogP contribution in [0.3, 0.4) is 0 Å². The SMILES string of the molecule is CCCNCC(C)(C)Cc1ccc(Cl)cc1. The van der Waals surface area contributed by atoms with Crippen molar-refractivity contribution in [2.24, 2.45) is 5.41 Å². The average Bonchev–Trinajstić information content (AvgIpc) is 2.21. The fourth-order valence-corrected chi connectivity index (χ4v) is 1.95. The van der Waals surface area contributed by atoms with E-state index in [9.17, 15) is 0 Å². The molecular formula is C14H22ClN. The van der Waals surface area contributed by atoms with E-state index in [1.165, 1.54) is 12.0 Å². The maximum absolute atomic E-state index is 5.87. The van der Waals surface area contributed by atoms with Crippen LogP contribution in [0.2, 0.25) is 5.02 Å². The van der Waals surface area contributed by atoms with Crippen LogP contribution < -0.4 is 5.32 Å². The molecule has 0 unspecified atom stereocenters. The van der Waals surface area contributed by atoms with Crippen molar-refractivity contribution in [1.29, 1.82) is 0 Å². The summed E-state index contributed by atoms with van der Waals surface area (Å²) in [7, 11) is 0. The van der Waals surface area contributed by atoms with Gasteiger partial charge in [-0.3, -0.25) is 0 Å². The second-order valence-corrected chi connectivity index (χ2v) is 5.58. The molecule has 0 heterocycles. The van der Waals surface area contributed by atoms with Crippen molar-refractivity contribution in [3.63, 3.8) is 0 Å². The summed E-state index contributed by atoms with van der Waals surface area (Å²) >= 11 is 5.87. The molecular weight excluding hydrogens is 218 g/mol. The molecule has 1 N–H and O–H groups in total. The summed E-state index contributed by atoms with van der Waals surface area (Å²) in [5.74, 6) is 0. The summed E-state index contributed by atoms with van der Waals surface area (Å²) in [5.41, 5.74) is 1.65. The molecule has 1 aromatic carbocycles. The molecule has 1 nitrogen and oxygen atoms in total. The minimum absolute atomic E-state index is 0.295. The van der Waals surface area contributed by atoms with Gasteiger partial charge in [0.1, 0.15) is 0 Å². The lowest BCUT2D eigenvalue weighted by Gasteiger charge is -2.25. The lowest BCUT2D eigenvalue weighted by molar-refractivity contribution is 0.339. The second-order valence-electron chi connectivity index (χ2n) is 5.14. The quantitative estimate of drug-likeness (QED) is 0.743. The smallest absolute Gasteiger partial charge is 0.0406 e. The summed E-state index contributed by atoms with van der Waals surface area (Å²) < 4.78 is 0. The van der Waals surface area contributed by atoms with Gasteiger partial charge in [-0.2, -0.15) is 0 Å². The summed E-state index contributed by atoms with van der Waals surface area (Å²) in [6.45, 7) is 8.95. The van der Waals surface area contributed by atoms with Gasteiger partial charge < -0.3 is 5.32 Å². The summed E-state index contributed by atoms with van der Waals surface area (Å²) in [5, 5.41) is 4.29. The first kappa shape index (κ1) is 13.5. The standard InChI is InChI=1S/C14H22ClN/c1-4-9-16-11-14(2,3)10-12-5-7-13(15)8-6-12/h5-8,16H,4,9-11H2,1-3H3. The summed E-state index contributed by atoms with van der Waals surface area (Å²) in [6, 6.07) is 8.16. The highest BCUT2D eigenvalue weighted by Gasteiger charge is 2.17. The minimum atomic E-state index is 0.295. The van der Waals surface area contributed by atoms with Gasteiger partial charge in [-0.15, -0.1) is 0 Å². The second kappa shape index (κ2) is 6.27. The molecule has 0 aliphatic rings. The third-order valence-electron chi connectivity index (χ3n) is 2.63. The van der Waals surface area contributed by atoms with Gasteiger partial charge in [-0.1, -0.05) is 44.5 Å². The van der Waals surface area contributed by atoms with Gasteiger partial charge in [0, 0.05) is 11.6 Å². The molecule has 0 aromatic heterocycles. The van der Waals surface area contributed by atoms with Crippen molar-refractivity contribution in [3.05, 3.63) is 34.9 Å². The molecule has 16 heavy (non-hydrogen) atoms. The zero-order valence-corrected chi connectivity index (χ0v) is 11.3. The van der Waals surface area contributed by atoms with Crippen LogP contribution in [0.1, 0.15) is 32.8 Å². The van der Waals surface area contributed by atoms with Gasteiger partial charge in [-0.05, 0) is 42.5 Å². The van der Waals surface area contributed by atoms with Crippen LogP contribution in [0.4, 0.5) is 0 Å². The molecule has 0 atom stereocenters. The average molecular weight is 240 g/mol. The van der Waals surface area contributed by atoms with Crippen molar-refractivity contribution < 1.29 is 0 Å². The van der Waals surface area contributed by atoms with Gasteiger partial charge in [0.25, 0.3) is 0 Å². The Hall–Kier alpha value is -0.530.